The molecule has 4 nitrogen and oxygen atoms in total. The maximum Gasteiger partial charge on any atom is 0.278 e. The largest absolute Gasteiger partial charge is 0.366 e. The molecule has 0 radical (unpaired) electrons. The minimum Gasteiger partial charge on any atom is -0.366 e. The molecule has 2 amide bonds. The van der Waals surface area contributed by atoms with Crippen molar-refractivity contribution in [2.45, 2.75) is 39.2 Å². The molecule has 0 aliphatic carbocycles. The lowest BCUT2D eigenvalue weighted by Gasteiger charge is -2.30. The van der Waals surface area contributed by atoms with Crippen LogP contribution in [0.4, 0.5) is 0 Å². The van der Waals surface area contributed by atoms with E-state index in [4.69, 9.17) is 0 Å². The van der Waals surface area contributed by atoms with Crippen molar-refractivity contribution < 1.29 is 9.59 Å². The van der Waals surface area contributed by atoms with Crippen LogP contribution in [0.25, 0.3) is 5.57 Å². The Hall–Kier alpha value is -1.62. The van der Waals surface area contributed by atoms with Crippen LogP contribution in [0.15, 0.2) is 23.2 Å². The van der Waals surface area contributed by atoms with Gasteiger partial charge in [0, 0.05) is 24.0 Å². The van der Waals surface area contributed by atoms with Crippen molar-refractivity contribution in [3.8, 4) is 0 Å². The first-order valence-corrected chi connectivity index (χ1v) is 8.40. The molecule has 0 N–H and O–H groups in total. The molecule has 0 atom stereocenters. The standard InChI is InChI=1S/C16H20N2O2S/c1-11(2)18-15(19)13(12-7-6-10-21-12)14(16(18)20)17-8-4-3-5-9-17/h6-7,10-11H,3-5,8-9H2,1-2H3. The lowest BCUT2D eigenvalue weighted by Crippen LogP contribution is -2.40. The number of carbonyl (C=O) groups excluding carboxylic acids is 2. The van der Waals surface area contributed by atoms with E-state index < -0.39 is 0 Å². The summed E-state index contributed by atoms with van der Waals surface area (Å²) in [6.07, 6.45) is 3.38. The first-order chi connectivity index (χ1) is 10.1. The summed E-state index contributed by atoms with van der Waals surface area (Å²) in [7, 11) is 0. The van der Waals surface area contributed by atoms with Gasteiger partial charge < -0.3 is 4.90 Å². The fourth-order valence-electron chi connectivity index (χ4n) is 3.06. The Kier molecular flexibility index (Phi) is 3.85. The fraction of sp³-hybridized carbons (Fsp3) is 0.500. The molecule has 112 valence electrons. The summed E-state index contributed by atoms with van der Waals surface area (Å²) >= 11 is 1.52. The number of carbonyl (C=O) groups is 2. The average Bonchev–Trinajstić information content (AvgIpc) is 3.05. The third-order valence-corrected chi connectivity index (χ3v) is 4.93. The van der Waals surface area contributed by atoms with Crippen molar-refractivity contribution in [2.75, 3.05) is 13.1 Å². The Bertz CT molecular complexity index is 583. The van der Waals surface area contributed by atoms with E-state index in [1.165, 1.54) is 22.7 Å². The molecule has 3 heterocycles. The topological polar surface area (TPSA) is 40.6 Å². The SMILES string of the molecule is CC(C)N1C(=O)C(c2cccs2)=C(N2CCCCC2)C1=O. The second-order valence-electron chi connectivity index (χ2n) is 5.82. The van der Waals surface area contributed by atoms with Gasteiger partial charge in [0.1, 0.15) is 5.70 Å². The van der Waals surface area contributed by atoms with Crippen molar-refractivity contribution in [1.82, 2.24) is 9.80 Å². The Morgan fingerprint density at radius 1 is 1.10 bits per heavy atom. The minimum absolute atomic E-state index is 0.109. The maximum absolute atomic E-state index is 12.8. The molecule has 0 unspecified atom stereocenters. The fourth-order valence-corrected chi connectivity index (χ4v) is 3.82. The van der Waals surface area contributed by atoms with E-state index in [1.54, 1.807) is 0 Å². The second kappa shape index (κ2) is 5.64. The molecule has 2 aliphatic heterocycles. The molecule has 2 aliphatic rings. The van der Waals surface area contributed by atoms with Crippen LogP contribution in [-0.4, -0.2) is 40.7 Å². The van der Waals surface area contributed by atoms with Crippen molar-refractivity contribution in [3.05, 3.63) is 28.1 Å². The van der Waals surface area contributed by atoms with E-state index in [0.717, 1.165) is 30.8 Å². The number of nitrogens with zero attached hydrogens (tertiary/aromatic N) is 2. The summed E-state index contributed by atoms with van der Waals surface area (Å²) in [4.78, 5) is 29.9. The number of rotatable bonds is 3. The molecule has 3 rings (SSSR count). The molecule has 5 heteroatoms. The highest BCUT2D eigenvalue weighted by atomic mass is 32.1. The zero-order valence-corrected chi connectivity index (χ0v) is 13.3. The Morgan fingerprint density at radius 2 is 1.81 bits per heavy atom. The molecule has 1 fully saturated rings. The van der Waals surface area contributed by atoms with Crippen LogP contribution in [0.3, 0.4) is 0 Å². The van der Waals surface area contributed by atoms with E-state index in [0.29, 0.717) is 11.3 Å². The van der Waals surface area contributed by atoms with Gasteiger partial charge in [0.25, 0.3) is 11.8 Å². The third-order valence-electron chi connectivity index (χ3n) is 4.05. The van der Waals surface area contributed by atoms with Gasteiger partial charge in [-0.3, -0.25) is 14.5 Å². The molecular formula is C16H20N2O2S. The minimum atomic E-state index is -0.141. The van der Waals surface area contributed by atoms with E-state index in [2.05, 4.69) is 4.90 Å². The maximum atomic E-state index is 12.8. The molecule has 1 aromatic rings. The summed E-state index contributed by atoms with van der Waals surface area (Å²) in [6, 6.07) is 3.75. The Morgan fingerprint density at radius 3 is 2.38 bits per heavy atom. The molecule has 0 bridgehead atoms. The van der Waals surface area contributed by atoms with Gasteiger partial charge in [-0.25, -0.2) is 0 Å². The third kappa shape index (κ3) is 2.39. The lowest BCUT2D eigenvalue weighted by atomic mass is 10.1. The van der Waals surface area contributed by atoms with E-state index in [9.17, 15) is 9.59 Å². The van der Waals surface area contributed by atoms with Gasteiger partial charge in [-0.1, -0.05) is 6.07 Å². The van der Waals surface area contributed by atoms with Crippen LogP contribution in [-0.2, 0) is 9.59 Å². The number of likely N-dealkylation sites (tertiary alicyclic amines) is 1. The molecule has 1 saturated heterocycles. The second-order valence-corrected chi connectivity index (χ2v) is 6.77. The van der Waals surface area contributed by atoms with E-state index in [1.807, 2.05) is 31.4 Å². The summed E-state index contributed by atoms with van der Waals surface area (Å²) < 4.78 is 0. The summed E-state index contributed by atoms with van der Waals surface area (Å²) in [5, 5.41) is 1.95. The number of piperidine rings is 1. The predicted molar refractivity (Wildman–Crippen MR) is 83.7 cm³/mol. The van der Waals surface area contributed by atoms with Crippen molar-refractivity contribution >= 4 is 28.7 Å². The summed E-state index contributed by atoms with van der Waals surface area (Å²) in [6.45, 7) is 5.52. The van der Waals surface area contributed by atoms with Gasteiger partial charge in [0.15, 0.2) is 0 Å². The number of imide groups is 1. The highest BCUT2D eigenvalue weighted by Crippen LogP contribution is 2.35. The van der Waals surface area contributed by atoms with Crippen molar-refractivity contribution in [3.63, 3.8) is 0 Å². The first-order valence-electron chi connectivity index (χ1n) is 7.52. The monoisotopic (exact) mass is 304 g/mol. The quantitative estimate of drug-likeness (QED) is 0.806. The lowest BCUT2D eigenvalue weighted by molar-refractivity contribution is -0.139. The van der Waals surface area contributed by atoms with Crippen molar-refractivity contribution in [1.29, 1.82) is 0 Å². The van der Waals surface area contributed by atoms with Gasteiger partial charge in [-0.2, -0.15) is 0 Å². The Balaban J connectivity index is 2.07. The molecule has 0 aromatic carbocycles. The van der Waals surface area contributed by atoms with E-state index >= 15 is 0 Å². The first kappa shape index (κ1) is 14.3. The highest BCUT2D eigenvalue weighted by Gasteiger charge is 2.43. The van der Waals surface area contributed by atoms with Gasteiger partial charge in [-0.05, 0) is 44.6 Å². The molecule has 0 saturated carbocycles. The predicted octanol–water partition coefficient (Wildman–Crippen LogP) is 2.72. The number of hydrogen-bond donors (Lipinski definition) is 0. The van der Waals surface area contributed by atoms with Crippen LogP contribution in [0, 0.1) is 0 Å². The van der Waals surface area contributed by atoms with Crippen LogP contribution in [0.2, 0.25) is 0 Å². The number of thiophene rings is 1. The van der Waals surface area contributed by atoms with E-state index in [-0.39, 0.29) is 17.9 Å². The van der Waals surface area contributed by atoms with Crippen LogP contribution < -0.4 is 0 Å². The molecule has 21 heavy (non-hydrogen) atoms. The van der Waals surface area contributed by atoms with Gasteiger partial charge in [0.2, 0.25) is 0 Å². The Labute approximate surface area is 129 Å². The molecular weight excluding hydrogens is 284 g/mol. The summed E-state index contributed by atoms with van der Waals surface area (Å²) in [5.41, 5.74) is 1.22. The molecule has 1 aromatic heterocycles. The highest BCUT2D eigenvalue weighted by molar-refractivity contribution is 7.11. The van der Waals surface area contributed by atoms with Crippen molar-refractivity contribution in [2.24, 2.45) is 0 Å². The van der Waals surface area contributed by atoms with Gasteiger partial charge in [-0.15, -0.1) is 11.3 Å². The summed E-state index contributed by atoms with van der Waals surface area (Å²) in [5.74, 6) is -0.265. The molecule has 0 spiro atoms. The van der Waals surface area contributed by atoms with Crippen LogP contribution >= 0.6 is 11.3 Å². The average molecular weight is 304 g/mol. The van der Waals surface area contributed by atoms with Crippen LogP contribution in [0.1, 0.15) is 38.0 Å². The number of hydrogen-bond acceptors (Lipinski definition) is 4. The van der Waals surface area contributed by atoms with Gasteiger partial charge >= 0.3 is 0 Å². The zero-order valence-electron chi connectivity index (χ0n) is 12.5. The smallest absolute Gasteiger partial charge is 0.278 e. The number of amides is 2. The van der Waals surface area contributed by atoms with Crippen LogP contribution in [0.5, 0.6) is 0 Å². The van der Waals surface area contributed by atoms with Gasteiger partial charge in [0.05, 0.1) is 5.57 Å². The zero-order chi connectivity index (χ0) is 15.0. The normalized spacial score (nSPS) is 20.1.